The minimum absolute atomic E-state index is 0.0236. The SMILES string of the molecule is COc1c2cccc(S(=O)(=O)Cl)c2c(OC)c2c(S(=O)(=O)Cl)cccc12. The normalized spacial score (nSPS) is 12.5. The summed E-state index contributed by atoms with van der Waals surface area (Å²) < 4.78 is 59.1. The van der Waals surface area contributed by atoms with Crippen LogP contribution in [0.4, 0.5) is 0 Å². The molecule has 6 nitrogen and oxygen atoms in total. The van der Waals surface area contributed by atoms with Crippen molar-refractivity contribution in [3.63, 3.8) is 0 Å². The highest BCUT2D eigenvalue weighted by Crippen LogP contribution is 2.47. The molecule has 0 saturated heterocycles. The minimum atomic E-state index is -4.15. The fourth-order valence-electron chi connectivity index (χ4n) is 3.01. The summed E-state index contributed by atoms with van der Waals surface area (Å²) in [5.74, 6) is 0.301. The van der Waals surface area contributed by atoms with Crippen LogP contribution in [0.25, 0.3) is 21.5 Å². The van der Waals surface area contributed by atoms with E-state index < -0.39 is 18.1 Å². The topological polar surface area (TPSA) is 86.7 Å². The third-order valence-corrected chi connectivity index (χ3v) is 6.66. The Hall–Kier alpha value is -1.74. The van der Waals surface area contributed by atoms with Crippen LogP contribution in [0, 0.1) is 0 Å². The number of rotatable bonds is 4. The van der Waals surface area contributed by atoms with Gasteiger partial charge in [0.25, 0.3) is 18.1 Å². The first-order chi connectivity index (χ1) is 12.1. The van der Waals surface area contributed by atoms with Crippen LogP contribution in [0.15, 0.2) is 46.2 Å². The average Bonchev–Trinajstić information content (AvgIpc) is 2.56. The molecule has 0 spiro atoms. The quantitative estimate of drug-likeness (QED) is 0.457. The van der Waals surface area contributed by atoms with E-state index in [1.807, 2.05) is 0 Å². The summed E-state index contributed by atoms with van der Waals surface area (Å²) in [6.07, 6.45) is 0. The molecule has 0 aromatic heterocycles. The maximum atomic E-state index is 12.1. The average molecular weight is 435 g/mol. The highest BCUT2D eigenvalue weighted by Gasteiger charge is 2.26. The molecule has 0 aliphatic carbocycles. The van der Waals surface area contributed by atoms with Crippen molar-refractivity contribution in [2.24, 2.45) is 0 Å². The molecule has 0 radical (unpaired) electrons. The first kappa shape index (κ1) is 19.0. The van der Waals surface area contributed by atoms with E-state index in [2.05, 4.69) is 0 Å². The summed E-state index contributed by atoms with van der Waals surface area (Å²) in [5, 5.41) is 1.04. The number of halogens is 2. The van der Waals surface area contributed by atoms with Crippen molar-refractivity contribution < 1.29 is 26.3 Å². The second-order valence-corrected chi connectivity index (χ2v) is 10.4. The second-order valence-electron chi connectivity index (χ2n) is 5.30. The van der Waals surface area contributed by atoms with Crippen LogP contribution in [0.2, 0.25) is 0 Å². The number of methoxy groups -OCH3 is 2. The lowest BCUT2D eigenvalue weighted by Crippen LogP contribution is -2.01. The molecule has 10 heteroatoms. The van der Waals surface area contributed by atoms with Gasteiger partial charge in [-0.25, -0.2) is 16.8 Å². The molecule has 0 atom stereocenters. The Morgan fingerprint density at radius 3 is 1.38 bits per heavy atom. The molecule has 138 valence electrons. The van der Waals surface area contributed by atoms with Gasteiger partial charge in [-0.15, -0.1) is 0 Å². The van der Waals surface area contributed by atoms with Crippen molar-refractivity contribution >= 4 is 61.0 Å². The van der Waals surface area contributed by atoms with Gasteiger partial charge in [0, 0.05) is 42.9 Å². The van der Waals surface area contributed by atoms with E-state index in [1.54, 1.807) is 12.1 Å². The van der Waals surface area contributed by atoms with Crippen LogP contribution in [0.5, 0.6) is 11.5 Å². The summed E-state index contributed by atoms with van der Waals surface area (Å²) in [6.45, 7) is 0. The summed E-state index contributed by atoms with van der Waals surface area (Å²) in [4.78, 5) is -0.453. The number of benzene rings is 3. The molecule has 0 aliphatic heterocycles. The molecule has 0 aliphatic rings. The van der Waals surface area contributed by atoms with Crippen LogP contribution in [-0.4, -0.2) is 31.1 Å². The van der Waals surface area contributed by atoms with Crippen LogP contribution in [0.1, 0.15) is 0 Å². The molecule has 3 rings (SSSR count). The Balaban J connectivity index is 2.78. The van der Waals surface area contributed by atoms with E-state index in [-0.39, 0.29) is 32.1 Å². The molecule has 0 N–H and O–H groups in total. The smallest absolute Gasteiger partial charge is 0.262 e. The number of ether oxygens (including phenoxy) is 2. The lowest BCUT2D eigenvalue weighted by molar-refractivity contribution is 0.416. The molecule has 0 saturated carbocycles. The Kier molecular flexibility index (Phi) is 4.72. The fraction of sp³-hybridized carbons (Fsp3) is 0.125. The maximum absolute atomic E-state index is 12.1. The molecular weight excluding hydrogens is 423 g/mol. The van der Waals surface area contributed by atoms with Crippen molar-refractivity contribution in [1.29, 1.82) is 0 Å². The second kappa shape index (κ2) is 6.45. The van der Waals surface area contributed by atoms with Gasteiger partial charge >= 0.3 is 0 Å². The largest absolute Gasteiger partial charge is 0.495 e. The monoisotopic (exact) mass is 434 g/mol. The van der Waals surface area contributed by atoms with E-state index in [4.69, 9.17) is 30.8 Å². The lowest BCUT2D eigenvalue weighted by atomic mass is 10.0. The van der Waals surface area contributed by atoms with Gasteiger partial charge < -0.3 is 9.47 Å². The van der Waals surface area contributed by atoms with Gasteiger partial charge in [0.05, 0.1) is 24.0 Å². The number of hydrogen-bond acceptors (Lipinski definition) is 6. The Bertz CT molecular complexity index is 1160. The summed E-state index contributed by atoms with van der Waals surface area (Å²) in [7, 11) is 5.54. The predicted molar refractivity (Wildman–Crippen MR) is 101 cm³/mol. The standard InChI is InChI=1S/C16H12Cl2O6S2/c1-23-15-9-5-3-7-11(25(17,19)20)13(9)16(24-2)14-10(15)6-4-8-12(14)26(18,21)22/h3-8H,1-2H3. The highest BCUT2D eigenvalue weighted by atomic mass is 35.7. The molecule has 3 aromatic rings. The summed E-state index contributed by atoms with van der Waals surface area (Å²) in [6, 6.07) is 8.88. The van der Waals surface area contributed by atoms with Crippen LogP contribution >= 0.6 is 21.4 Å². The number of hydrogen-bond donors (Lipinski definition) is 0. The van der Waals surface area contributed by atoms with Gasteiger partial charge in [-0.3, -0.25) is 0 Å². The third kappa shape index (κ3) is 2.96. The number of fused-ring (bicyclic) bond motifs is 2. The summed E-state index contributed by atoms with van der Waals surface area (Å²) >= 11 is 0. The Morgan fingerprint density at radius 2 is 1.08 bits per heavy atom. The van der Waals surface area contributed by atoms with Crippen molar-refractivity contribution in [2.75, 3.05) is 14.2 Å². The van der Waals surface area contributed by atoms with Gasteiger partial charge in [0.1, 0.15) is 11.5 Å². The maximum Gasteiger partial charge on any atom is 0.262 e. The Morgan fingerprint density at radius 1 is 0.692 bits per heavy atom. The van der Waals surface area contributed by atoms with Gasteiger partial charge in [0.2, 0.25) is 0 Å². The van der Waals surface area contributed by atoms with Crippen molar-refractivity contribution in [2.45, 2.75) is 9.79 Å². The van der Waals surface area contributed by atoms with Crippen LogP contribution in [-0.2, 0) is 18.1 Å². The molecule has 0 fully saturated rings. The van der Waals surface area contributed by atoms with E-state index in [0.29, 0.717) is 10.8 Å². The molecule has 0 heterocycles. The lowest BCUT2D eigenvalue weighted by Gasteiger charge is -2.18. The first-order valence-electron chi connectivity index (χ1n) is 7.10. The van der Waals surface area contributed by atoms with E-state index in [1.165, 1.54) is 38.5 Å². The molecule has 0 unspecified atom stereocenters. The third-order valence-electron chi connectivity index (χ3n) is 3.93. The van der Waals surface area contributed by atoms with Crippen LogP contribution < -0.4 is 9.47 Å². The van der Waals surface area contributed by atoms with E-state index in [0.717, 1.165) is 0 Å². The van der Waals surface area contributed by atoms with Crippen molar-refractivity contribution in [3.05, 3.63) is 36.4 Å². The zero-order valence-electron chi connectivity index (χ0n) is 13.5. The van der Waals surface area contributed by atoms with Crippen molar-refractivity contribution in [1.82, 2.24) is 0 Å². The van der Waals surface area contributed by atoms with Gasteiger partial charge in [-0.2, -0.15) is 0 Å². The molecule has 26 heavy (non-hydrogen) atoms. The van der Waals surface area contributed by atoms with Gasteiger partial charge in [-0.1, -0.05) is 24.3 Å². The van der Waals surface area contributed by atoms with Gasteiger partial charge in [-0.05, 0) is 12.1 Å². The van der Waals surface area contributed by atoms with E-state index in [9.17, 15) is 16.8 Å². The highest BCUT2D eigenvalue weighted by molar-refractivity contribution is 8.14. The predicted octanol–water partition coefficient (Wildman–Crippen LogP) is 3.87. The van der Waals surface area contributed by atoms with Crippen LogP contribution in [0.3, 0.4) is 0 Å². The first-order valence-corrected chi connectivity index (χ1v) is 11.7. The molecule has 0 bridgehead atoms. The van der Waals surface area contributed by atoms with E-state index >= 15 is 0 Å². The molecule has 3 aromatic carbocycles. The minimum Gasteiger partial charge on any atom is -0.495 e. The zero-order chi connectivity index (χ0) is 19.3. The molecule has 0 amide bonds. The molecular formula is C16H12Cl2O6S2. The van der Waals surface area contributed by atoms with Gasteiger partial charge in [0.15, 0.2) is 0 Å². The summed E-state index contributed by atoms with van der Waals surface area (Å²) in [5.41, 5.74) is 0. The zero-order valence-corrected chi connectivity index (χ0v) is 16.6. The fourth-order valence-corrected chi connectivity index (χ4v) is 5.16. The Labute approximate surface area is 159 Å². The van der Waals surface area contributed by atoms with Crippen molar-refractivity contribution in [3.8, 4) is 11.5 Å².